The number of hydrogen-bond acceptors (Lipinski definition) is 5. The monoisotopic (exact) mass is 312 g/mol. The van der Waals surface area contributed by atoms with Gasteiger partial charge in [-0.05, 0) is 24.5 Å². The number of nitrogens with zero attached hydrogens (tertiary/aromatic N) is 3. The summed E-state index contributed by atoms with van der Waals surface area (Å²) in [4.78, 5) is 11.5. The summed E-state index contributed by atoms with van der Waals surface area (Å²) in [6, 6.07) is 10.4. The summed E-state index contributed by atoms with van der Waals surface area (Å²) < 4.78 is 5.41. The fourth-order valence-corrected chi connectivity index (χ4v) is 2.77. The molecule has 1 fully saturated rings. The van der Waals surface area contributed by atoms with E-state index in [1.54, 1.807) is 0 Å². The predicted molar refractivity (Wildman–Crippen MR) is 93.6 cm³/mol. The van der Waals surface area contributed by atoms with Crippen LogP contribution in [-0.4, -0.2) is 36.3 Å². The molecule has 5 nitrogen and oxygen atoms in total. The highest BCUT2D eigenvalue weighted by Gasteiger charge is 2.15. The van der Waals surface area contributed by atoms with Crippen molar-refractivity contribution in [1.29, 1.82) is 0 Å². The number of hydrogen-bond donors (Lipinski definition) is 1. The van der Waals surface area contributed by atoms with Gasteiger partial charge in [0.2, 0.25) is 5.95 Å². The van der Waals surface area contributed by atoms with Gasteiger partial charge in [0.05, 0.1) is 13.2 Å². The fraction of sp³-hybridized carbons (Fsp3) is 0.444. The maximum Gasteiger partial charge on any atom is 0.227 e. The van der Waals surface area contributed by atoms with Crippen LogP contribution in [0.5, 0.6) is 0 Å². The number of aromatic nitrogens is 2. The van der Waals surface area contributed by atoms with Crippen molar-refractivity contribution in [2.24, 2.45) is 0 Å². The standard InChI is InChI=1S/C18H24N4O/c1-13(2)15-6-4-5-7-16(15)20-17-12-14(3)19-18(21-17)22-8-10-23-11-9-22/h4-7,12-13H,8-11H2,1-3H3,(H,19,20,21). The van der Waals surface area contributed by atoms with Crippen molar-refractivity contribution in [2.75, 3.05) is 36.5 Å². The first-order valence-electron chi connectivity index (χ1n) is 8.18. The van der Waals surface area contributed by atoms with Gasteiger partial charge in [-0.15, -0.1) is 0 Å². The summed E-state index contributed by atoms with van der Waals surface area (Å²) in [5, 5.41) is 3.47. The molecule has 2 aromatic rings. The zero-order valence-corrected chi connectivity index (χ0v) is 14.0. The molecule has 1 aromatic carbocycles. The van der Waals surface area contributed by atoms with Crippen LogP contribution in [0.25, 0.3) is 0 Å². The number of ether oxygens (including phenoxy) is 1. The first kappa shape index (κ1) is 15.7. The van der Waals surface area contributed by atoms with Gasteiger partial charge in [-0.1, -0.05) is 32.0 Å². The van der Waals surface area contributed by atoms with Gasteiger partial charge in [0.15, 0.2) is 0 Å². The van der Waals surface area contributed by atoms with E-state index < -0.39 is 0 Å². The highest BCUT2D eigenvalue weighted by Crippen LogP contribution is 2.27. The minimum Gasteiger partial charge on any atom is -0.378 e. The summed E-state index contributed by atoms with van der Waals surface area (Å²) in [6.07, 6.45) is 0. The van der Waals surface area contributed by atoms with Crippen molar-refractivity contribution in [1.82, 2.24) is 9.97 Å². The smallest absolute Gasteiger partial charge is 0.227 e. The third-order valence-corrected chi connectivity index (χ3v) is 3.98. The second kappa shape index (κ2) is 6.96. The summed E-state index contributed by atoms with van der Waals surface area (Å²) in [5.74, 6) is 2.07. The lowest BCUT2D eigenvalue weighted by Gasteiger charge is -2.27. The first-order chi connectivity index (χ1) is 11.1. The molecular formula is C18H24N4O. The molecule has 0 aliphatic carbocycles. The molecule has 3 rings (SSSR count). The van der Waals surface area contributed by atoms with Crippen molar-refractivity contribution in [3.8, 4) is 0 Å². The van der Waals surface area contributed by atoms with Gasteiger partial charge >= 0.3 is 0 Å². The van der Waals surface area contributed by atoms with Crippen LogP contribution in [0.1, 0.15) is 31.0 Å². The van der Waals surface area contributed by atoms with Gasteiger partial charge < -0.3 is 15.0 Å². The third-order valence-electron chi connectivity index (χ3n) is 3.98. The van der Waals surface area contributed by atoms with Crippen LogP contribution in [0.4, 0.5) is 17.5 Å². The van der Waals surface area contributed by atoms with Crippen molar-refractivity contribution < 1.29 is 4.74 Å². The number of nitrogens with one attached hydrogen (secondary N) is 1. The lowest BCUT2D eigenvalue weighted by Crippen LogP contribution is -2.37. The average molecular weight is 312 g/mol. The van der Waals surface area contributed by atoms with E-state index in [4.69, 9.17) is 9.72 Å². The van der Waals surface area contributed by atoms with Crippen LogP contribution in [0, 0.1) is 6.92 Å². The maximum atomic E-state index is 5.41. The van der Waals surface area contributed by atoms with E-state index >= 15 is 0 Å². The van der Waals surface area contributed by atoms with Gasteiger partial charge in [0, 0.05) is 30.5 Å². The van der Waals surface area contributed by atoms with Crippen molar-refractivity contribution in [3.05, 3.63) is 41.6 Å². The summed E-state index contributed by atoms with van der Waals surface area (Å²) in [7, 11) is 0. The molecule has 1 saturated heterocycles. The molecule has 0 amide bonds. The van der Waals surface area contributed by atoms with Crippen molar-refractivity contribution in [3.63, 3.8) is 0 Å². The zero-order valence-electron chi connectivity index (χ0n) is 14.0. The fourth-order valence-electron chi connectivity index (χ4n) is 2.77. The van der Waals surface area contributed by atoms with E-state index in [1.807, 2.05) is 19.1 Å². The maximum absolute atomic E-state index is 5.41. The highest BCUT2D eigenvalue weighted by molar-refractivity contribution is 5.62. The Morgan fingerprint density at radius 2 is 1.87 bits per heavy atom. The van der Waals surface area contributed by atoms with E-state index in [0.717, 1.165) is 49.5 Å². The minimum absolute atomic E-state index is 0.459. The largest absolute Gasteiger partial charge is 0.378 e. The molecule has 0 unspecified atom stereocenters. The van der Waals surface area contributed by atoms with Crippen LogP contribution >= 0.6 is 0 Å². The molecule has 0 spiro atoms. The normalized spacial score (nSPS) is 15.0. The number of para-hydroxylation sites is 1. The van der Waals surface area contributed by atoms with E-state index in [-0.39, 0.29) is 0 Å². The third kappa shape index (κ3) is 3.79. The molecule has 0 radical (unpaired) electrons. The number of rotatable bonds is 4. The van der Waals surface area contributed by atoms with Gasteiger partial charge in [0.25, 0.3) is 0 Å². The Morgan fingerprint density at radius 3 is 2.61 bits per heavy atom. The first-order valence-corrected chi connectivity index (χ1v) is 8.18. The van der Waals surface area contributed by atoms with Crippen LogP contribution < -0.4 is 10.2 Å². The average Bonchev–Trinajstić information content (AvgIpc) is 2.55. The Balaban J connectivity index is 1.87. The lowest BCUT2D eigenvalue weighted by atomic mass is 10.0. The van der Waals surface area contributed by atoms with Gasteiger partial charge in [-0.25, -0.2) is 4.98 Å². The summed E-state index contributed by atoms with van der Waals surface area (Å²) in [5.41, 5.74) is 3.36. The summed E-state index contributed by atoms with van der Waals surface area (Å²) in [6.45, 7) is 9.55. The number of anilines is 3. The Hall–Kier alpha value is -2.14. The van der Waals surface area contributed by atoms with E-state index in [9.17, 15) is 0 Å². The molecule has 1 aromatic heterocycles. The molecule has 2 heterocycles. The quantitative estimate of drug-likeness (QED) is 0.936. The van der Waals surface area contributed by atoms with E-state index in [1.165, 1.54) is 5.56 Å². The topological polar surface area (TPSA) is 50.3 Å². The van der Waals surface area contributed by atoms with Crippen molar-refractivity contribution in [2.45, 2.75) is 26.7 Å². The number of morpholine rings is 1. The van der Waals surface area contributed by atoms with Crippen LogP contribution in [0.15, 0.2) is 30.3 Å². The molecule has 0 saturated carbocycles. The predicted octanol–water partition coefficient (Wildman–Crippen LogP) is 3.49. The highest BCUT2D eigenvalue weighted by atomic mass is 16.5. The Bertz CT molecular complexity index is 666. The second-order valence-electron chi connectivity index (χ2n) is 6.16. The van der Waals surface area contributed by atoms with Gasteiger partial charge in [-0.3, -0.25) is 0 Å². The van der Waals surface area contributed by atoms with Gasteiger partial charge in [-0.2, -0.15) is 4.98 Å². The molecule has 0 atom stereocenters. The van der Waals surface area contributed by atoms with Crippen molar-refractivity contribution >= 4 is 17.5 Å². The van der Waals surface area contributed by atoms with Crippen LogP contribution in [0.3, 0.4) is 0 Å². The molecule has 1 aliphatic heterocycles. The molecule has 122 valence electrons. The summed E-state index contributed by atoms with van der Waals surface area (Å²) >= 11 is 0. The molecule has 23 heavy (non-hydrogen) atoms. The van der Waals surface area contributed by atoms with Crippen LogP contribution in [-0.2, 0) is 4.74 Å². The lowest BCUT2D eigenvalue weighted by molar-refractivity contribution is 0.122. The second-order valence-corrected chi connectivity index (χ2v) is 6.16. The molecular weight excluding hydrogens is 288 g/mol. The van der Waals surface area contributed by atoms with Crippen LogP contribution in [0.2, 0.25) is 0 Å². The molecule has 5 heteroatoms. The molecule has 1 N–H and O–H groups in total. The number of aryl methyl sites for hydroxylation is 1. The van der Waals surface area contributed by atoms with Gasteiger partial charge in [0.1, 0.15) is 5.82 Å². The minimum atomic E-state index is 0.459. The number of benzene rings is 1. The molecule has 0 bridgehead atoms. The van der Waals surface area contributed by atoms with E-state index in [0.29, 0.717) is 5.92 Å². The Morgan fingerprint density at radius 1 is 1.13 bits per heavy atom. The Labute approximate surface area is 137 Å². The Kier molecular flexibility index (Phi) is 4.76. The van der Waals surface area contributed by atoms with E-state index in [2.05, 4.69) is 47.2 Å². The SMILES string of the molecule is Cc1cc(Nc2ccccc2C(C)C)nc(N2CCOCC2)n1. The molecule has 1 aliphatic rings. The zero-order chi connectivity index (χ0) is 16.2.